The molecule has 1 fully saturated rings. The zero-order chi connectivity index (χ0) is 11.6. The van der Waals surface area contributed by atoms with E-state index in [1.807, 2.05) is 4.90 Å². The summed E-state index contributed by atoms with van der Waals surface area (Å²) in [4.78, 5) is 16.2. The van der Waals surface area contributed by atoms with Gasteiger partial charge < -0.3 is 10.6 Å². The van der Waals surface area contributed by atoms with Crippen molar-refractivity contribution in [3.63, 3.8) is 0 Å². The summed E-state index contributed by atoms with van der Waals surface area (Å²) in [5.41, 5.74) is 5.37. The van der Waals surface area contributed by atoms with Gasteiger partial charge in [-0.2, -0.15) is 0 Å². The number of thiocarbonyl (C=S) groups is 1. The third kappa shape index (κ3) is 3.14. The van der Waals surface area contributed by atoms with E-state index in [9.17, 15) is 4.79 Å². The molecule has 0 bridgehead atoms. The Morgan fingerprint density at radius 3 is 2.27 bits per heavy atom. The summed E-state index contributed by atoms with van der Waals surface area (Å²) in [6.07, 6.45) is 0.193. The summed E-state index contributed by atoms with van der Waals surface area (Å²) in [6.45, 7) is 5.78. The van der Waals surface area contributed by atoms with Gasteiger partial charge in [-0.1, -0.05) is 12.2 Å². The van der Waals surface area contributed by atoms with Crippen LogP contribution < -0.4 is 5.73 Å². The molecule has 0 aromatic carbocycles. The smallest absolute Gasteiger partial charge is 0.229 e. The van der Waals surface area contributed by atoms with Crippen molar-refractivity contribution < 1.29 is 4.79 Å². The van der Waals surface area contributed by atoms with Gasteiger partial charge in [0.1, 0.15) is 0 Å². The molecule has 86 valence electrons. The molecule has 1 saturated heterocycles. The lowest BCUT2D eigenvalue weighted by molar-refractivity contribution is -0.133. The molecule has 1 amide bonds. The van der Waals surface area contributed by atoms with Crippen LogP contribution >= 0.6 is 12.2 Å². The molecule has 0 radical (unpaired) electrons. The van der Waals surface area contributed by atoms with Crippen LogP contribution in [0.25, 0.3) is 0 Å². The number of likely N-dealkylation sites (N-methyl/N-ethyl adjacent to an activating group) is 1. The first kappa shape index (κ1) is 12.4. The van der Waals surface area contributed by atoms with Gasteiger partial charge in [0, 0.05) is 25.2 Å². The van der Waals surface area contributed by atoms with Crippen LogP contribution in [-0.2, 0) is 4.79 Å². The number of amides is 1. The van der Waals surface area contributed by atoms with Crippen molar-refractivity contribution in [2.75, 3.05) is 20.1 Å². The second kappa shape index (κ2) is 4.90. The van der Waals surface area contributed by atoms with Gasteiger partial charge in [-0.05, 0) is 20.9 Å². The molecule has 0 aromatic heterocycles. The predicted octanol–water partition coefficient (Wildman–Crippen LogP) is 0.214. The van der Waals surface area contributed by atoms with Crippen LogP contribution in [0, 0.1) is 0 Å². The molecule has 1 aliphatic heterocycles. The minimum atomic E-state index is 0.0503. The standard InChI is InChI=1S/C10H19N3OS/c1-7-5-13(6-8(2)12(7)3)10(14)4-9(11)15/h7-8H,4-6H2,1-3H3,(H2,11,15). The number of nitrogens with zero attached hydrogens (tertiary/aromatic N) is 2. The monoisotopic (exact) mass is 229 g/mol. The van der Waals surface area contributed by atoms with E-state index in [2.05, 4.69) is 25.8 Å². The first-order valence-corrected chi connectivity index (χ1v) is 5.60. The highest BCUT2D eigenvalue weighted by atomic mass is 32.1. The number of hydrogen-bond acceptors (Lipinski definition) is 3. The molecule has 5 heteroatoms. The van der Waals surface area contributed by atoms with Crippen molar-refractivity contribution in [3.05, 3.63) is 0 Å². The molecular weight excluding hydrogens is 210 g/mol. The Balaban J connectivity index is 2.57. The lowest BCUT2D eigenvalue weighted by Crippen LogP contribution is -2.56. The van der Waals surface area contributed by atoms with Gasteiger partial charge in [-0.15, -0.1) is 0 Å². The van der Waals surface area contributed by atoms with E-state index in [-0.39, 0.29) is 17.3 Å². The van der Waals surface area contributed by atoms with Crippen LogP contribution in [-0.4, -0.2) is 52.9 Å². The summed E-state index contributed by atoms with van der Waals surface area (Å²) in [7, 11) is 2.09. The largest absolute Gasteiger partial charge is 0.393 e. The number of rotatable bonds is 2. The van der Waals surface area contributed by atoms with Gasteiger partial charge >= 0.3 is 0 Å². The fourth-order valence-electron chi connectivity index (χ4n) is 1.87. The Bertz CT molecular complexity index is 257. The molecule has 2 N–H and O–H groups in total. The van der Waals surface area contributed by atoms with Crippen LogP contribution in [0.1, 0.15) is 20.3 Å². The SMILES string of the molecule is CC1CN(C(=O)CC(N)=S)CC(C)N1C. The zero-order valence-corrected chi connectivity index (χ0v) is 10.4. The number of nitrogens with two attached hydrogens (primary N) is 1. The van der Waals surface area contributed by atoms with Crippen LogP contribution in [0.2, 0.25) is 0 Å². The van der Waals surface area contributed by atoms with Crippen molar-refractivity contribution in [2.24, 2.45) is 5.73 Å². The van der Waals surface area contributed by atoms with Crippen molar-refractivity contribution >= 4 is 23.1 Å². The average Bonchev–Trinajstić information content (AvgIpc) is 2.12. The van der Waals surface area contributed by atoms with Gasteiger partial charge in [0.15, 0.2) is 0 Å². The maximum atomic E-state index is 11.7. The molecule has 2 atom stereocenters. The third-order valence-electron chi connectivity index (χ3n) is 3.04. The summed E-state index contributed by atoms with van der Waals surface area (Å²) in [5.74, 6) is 0.0503. The fraction of sp³-hybridized carbons (Fsp3) is 0.800. The summed E-state index contributed by atoms with van der Waals surface area (Å²) in [5, 5.41) is 0. The number of carbonyl (C=O) groups is 1. The molecule has 1 rings (SSSR count). The van der Waals surface area contributed by atoms with E-state index < -0.39 is 0 Å². The Morgan fingerprint density at radius 2 is 1.87 bits per heavy atom. The molecule has 2 unspecified atom stereocenters. The fourth-order valence-corrected chi connectivity index (χ4v) is 1.99. The second-order valence-corrected chi connectivity index (χ2v) is 4.83. The Morgan fingerprint density at radius 1 is 1.40 bits per heavy atom. The Hall–Kier alpha value is -0.680. The summed E-state index contributed by atoms with van der Waals surface area (Å²) >= 11 is 4.74. The third-order valence-corrected chi connectivity index (χ3v) is 3.18. The number of hydrogen-bond donors (Lipinski definition) is 1. The summed E-state index contributed by atoms with van der Waals surface area (Å²) < 4.78 is 0. The normalized spacial score (nSPS) is 27.8. The topological polar surface area (TPSA) is 49.6 Å². The van der Waals surface area contributed by atoms with Crippen LogP contribution in [0.3, 0.4) is 0 Å². The number of carbonyl (C=O) groups excluding carboxylic acids is 1. The van der Waals surface area contributed by atoms with Crippen molar-refractivity contribution in [3.8, 4) is 0 Å². The van der Waals surface area contributed by atoms with E-state index in [1.165, 1.54) is 0 Å². The van der Waals surface area contributed by atoms with Gasteiger partial charge in [-0.25, -0.2) is 0 Å². The highest BCUT2D eigenvalue weighted by Gasteiger charge is 2.29. The van der Waals surface area contributed by atoms with Crippen molar-refractivity contribution in [1.29, 1.82) is 0 Å². The maximum Gasteiger partial charge on any atom is 0.229 e. The van der Waals surface area contributed by atoms with E-state index in [0.717, 1.165) is 13.1 Å². The first-order valence-electron chi connectivity index (χ1n) is 5.19. The molecule has 0 spiro atoms. The Kier molecular flexibility index (Phi) is 4.04. The van der Waals surface area contributed by atoms with E-state index in [1.54, 1.807) is 0 Å². The lowest BCUT2D eigenvalue weighted by Gasteiger charge is -2.42. The summed E-state index contributed by atoms with van der Waals surface area (Å²) in [6, 6.07) is 0.785. The zero-order valence-electron chi connectivity index (χ0n) is 9.56. The quantitative estimate of drug-likeness (QED) is 0.688. The molecule has 0 aliphatic carbocycles. The minimum absolute atomic E-state index is 0.0503. The van der Waals surface area contributed by atoms with Crippen molar-refractivity contribution in [2.45, 2.75) is 32.4 Å². The average molecular weight is 229 g/mol. The van der Waals surface area contributed by atoms with Gasteiger partial charge in [0.2, 0.25) is 5.91 Å². The van der Waals surface area contributed by atoms with E-state index in [0.29, 0.717) is 12.1 Å². The van der Waals surface area contributed by atoms with Crippen molar-refractivity contribution in [1.82, 2.24) is 9.80 Å². The highest BCUT2D eigenvalue weighted by molar-refractivity contribution is 7.80. The van der Waals surface area contributed by atoms with E-state index in [4.69, 9.17) is 18.0 Å². The van der Waals surface area contributed by atoms with Gasteiger partial charge in [0.05, 0.1) is 11.4 Å². The molecule has 1 heterocycles. The van der Waals surface area contributed by atoms with Crippen LogP contribution in [0.15, 0.2) is 0 Å². The van der Waals surface area contributed by atoms with E-state index >= 15 is 0 Å². The maximum absolute atomic E-state index is 11.7. The van der Waals surface area contributed by atoms with Crippen LogP contribution in [0.4, 0.5) is 0 Å². The van der Waals surface area contributed by atoms with Gasteiger partial charge in [-0.3, -0.25) is 9.69 Å². The predicted molar refractivity (Wildman–Crippen MR) is 64.7 cm³/mol. The van der Waals surface area contributed by atoms with Gasteiger partial charge in [0.25, 0.3) is 0 Å². The molecule has 4 nitrogen and oxygen atoms in total. The number of piperazine rings is 1. The molecule has 0 saturated carbocycles. The molecule has 15 heavy (non-hydrogen) atoms. The molecule has 1 aliphatic rings. The second-order valence-electron chi connectivity index (χ2n) is 4.31. The first-order chi connectivity index (χ1) is 6.91. The minimum Gasteiger partial charge on any atom is -0.393 e. The molecule has 0 aromatic rings. The van der Waals surface area contributed by atoms with Crippen LogP contribution in [0.5, 0.6) is 0 Å². The Labute approximate surface area is 96.4 Å². The highest BCUT2D eigenvalue weighted by Crippen LogP contribution is 2.13. The molecular formula is C10H19N3OS. The lowest BCUT2D eigenvalue weighted by atomic mass is 10.1.